The first-order valence-corrected chi connectivity index (χ1v) is 5.51. The van der Waals surface area contributed by atoms with Gasteiger partial charge in [0, 0.05) is 6.04 Å². The Morgan fingerprint density at radius 3 is 2.40 bits per heavy atom. The van der Waals surface area contributed by atoms with Gasteiger partial charge in [0.1, 0.15) is 0 Å². The molecule has 1 aromatic carbocycles. The molecule has 0 aliphatic heterocycles. The van der Waals surface area contributed by atoms with Crippen molar-refractivity contribution >= 4 is 0 Å². The van der Waals surface area contributed by atoms with Crippen molar-refractivity contribution < 1.29 is 0 Å². The number of rotatable bonds is 5. The molecule has 0 aliphatic carbocycles. The zero-order chi connectivity index (χ0) is 11.3. The van der Waals surface area contributed by atoms with Crippen LogP contribution in [0.1, 0.15) is 24.5 Å². The molecule has 1 heteroatoms. The fourth-order valence-corrected chi connectivity index (χ4v) is 1.70. The summed E-state index contributed by atoms with van der Waals surface area (Å²) in [6, 6.07) is 9.20. The molecule has 82 valence electrons. The van der Waals surface area contributed by atoms with E-state index in [0.29, 0.717) is 6.04 Å². The van der Waals surface area contributed by atoms with Gasteiger partial charge < -0.3 is 5.32 Å². The van der Waals surface area contributed by atoms with E-state index in [1.165, 1.54) is 16.7 Å². The summed E-state index contributed by atoms with van der Waals surface area (Å²) in [5.74, 6) is 0. The van der Waals surface area contributed by atoms with E-state index < -0.39 is 0 Å². The Labute approximate surface area is 93.2 Å². The van der Waals surface area contributed by atoms with Gasteiger partial charge in [0.05, 0.1) is 0 Å². The van der Waals surface area contributed by atoms with Gasteiger partial charge in [-0.25, -0.2) is 0 Å². The molecule has 1 aromatic rings. The van der Waals surface area contributed by atoms with Crippen molar-refractivity contribution in [1.29, 1.82) is 0 Å². The molecule has 0 aromatic heterocycles. The van der Waals surface area contributed by atoms with Crippen LogP contribution in [0.3, 0.4) is 0 Å². The molecule has 0 radical (unpaired) electrons. The second-order valence-electron chi connectivity index (χ2n) is 4.21. The monoisotopic (exact) mass is 203 g/mol. The fraction of sp³-hybridized carbons (Fsp3) is 0.429. The number of hydrogen-bond acceptors (Lipinski definition) is 1. The van der Waals surface area contributed by atoms with Crippen LogP contribution in [-0.4, -0.2) is 13.1 Å². The third kappa shape index (κ3) is 3.88. The molecule has 1 unspecified atom stereocenters. The van der Waals surface area contributed by atoms with Gasteiger partial charge in [0.25, 0.3) is 0 Å². The van der Waals surface area contributed by atoms with Crippen LogP contribution >= 0.6 is 0 Å². The first-order chi connectivity index (χ1) is 7.13. The topological polar surface area (TPSA) is 12.0 Å². The Hall–Kier alpha value is -1.08. The lowest BCUT2D eigenvalue weighted by Crippen LogP contribution is -2.26. The van der Waals surface area contributed by atoms with Crippen LogP contribution in [0.15, 0.2) is 36.4 Å². The average molecular weight is 203 g/mol. The normalized spacial score (nSPS) is 12.5. The Balaban J connectivity index is 2.49. The van der Waals surface area contributed by atoms with Crippen LogP contribution in [0.2, 0.25) is 0 Å². The molecule has 0 spiro atoms. The van der Waals surface area contributed by atoms with Crippen molar-refractivity contribution in [2.45, 2.75) is 32.7 Å². The van der Waals surface area contributed by atoms with E-state index in [1.807, 2.05) is 7.05 Å². The Bertz CT molecular complexity index is 311. The van der Waals surface area contributed by atoms with E-state index in [2.05, 4.69) is 50.0 Å². The maximum atomic E-state index is 3.99. The minimum absolute atomic E-state index is 0.436. The summed E-state index contributed by atoms with van der Waals surface area (Å²) < 4.78 is 0. The second-order valence-corrected chi connectivity index (χ2v) is 4.21. The van der Waals surface area contributed by atoms with E-state index in [9.17, 15) is 0 Å². The van der Waals surface area contributed by atoms with Gasteiger partial charge in [-0.2, -0.15) is 0 Å². The summed E-state index contributed by atoms with van der Waals surface area (Å²) in [7, 11) is 1.99. The lowest BCUT2D eigenvalue weighted by molar-refractivity contribution is 0.588. The van der Waals surface area contributed by atoms with Crippen molar-refractivity contribution in [2.24, 2.45) is 0 Å². The summed E-state index contributed by atoms with van der Waals surface area (Å²) in [4.78, 5) is 0. The smallest absolute Gasteiger partial charge is 0.0274 e. The highest BCUT2D eigenvalue weighted by Crippen LogP contribution is 2.10. The lowest BCUT2D eigenvalue weighted by atomic mass is 10.0. The number of benzene rings is 1. The van der Waals surface area contributed by atoms with Crippen LogP contribution in [0, 0.1) is 6.92 Å². The van der Waals surface area contributed by atoms with Crippen LogP contribution in [0.5, 0.6) is 0 Å². The summed E-state index contributed by atoms with van der Waals surface area (Å²) in [5, 5.41) is 3.28. The summed E-state index contributed by atoms with van der Waals surface area (Å²) in [6.45, 7) is 8.19. The number of aryl methyl sites for hydroxylation is 2. The van der Waals surface area contributed by atoms with Crippen molar-refractivity contribution in [3.63, 3.8) is 0 Å². The first-order valence-electron chi connectivity index (χ1n) is 5.51. The standard InChI is InChI=1S/C14H21N/c1-11(2)14(15-4)10-9-13-7-5-12(3)6-8-13/h5-8,14-15H,1,9-10H2,2-4H3. The molecule has 0 saturated heterocycles. The maximum absolute atomic E-state index is 3.99. The molecule has 0 aliphatic rings. The molecule has 1 N–H and O–H groups in total. The second kappa shape index (κ2) is 5.72. The summed E-state index contributed by atoms with van der Waals surface area (Å²) in [5.41, 5.74) is 3.94. The molecule has 0 saturated carbocycles. The predicted molar refractivity (Wildman–Crippen MR) is 67.2 cm³/mol. The van der Waals surface area contributed by atoms with E-state index in [0.717, 1.165) is 12.8 Å². The van der Waals surface area contributed by atoms with Crippen LogP contribution < -0.4 is 5.32 Å². The Kier molecular flexibility index (Phi) is 4.57. The number of likely N-dealkylation sites (N-methyl/N-ethyl adjacent to an activating group) is 1. The number of hydrogen-bond donors (Lipinski definition) is 1. The zero-order valence-corrected chi connectivity index (χ0v) is 10.0. The van der Waals surface area contributed by atoms with Gasteiger partial charge >= 0.3 is 0 Å². The molecule has 0 heterocycles. The SMILES string of the molecule is C=C(C)C(CCc1ccc(C)cc1)NC. The zero-order valence-electron chi connectivity index (χ0n) is 10.0. The minimum Gasteiger partial charge on any atom is -0.313 e. The van der Waals surface area contributed by atoms with E-state index in [1.54, 1.807) is 0 Å². The Morgan fingerprint density at radius 1 is 1.33 bits per heavy atom. The molecule has 0 amide bonds. The van der Waals surface area contributed by atoms with Crippen LogP contribution in [0.25, 0.3) is 0 Å². The third-order valence-electron chi connectivity index (χ3n) is 2.79. The van der Waals surface area contributed by atoms with Crippen molar-refractivity contribution in [2.75, 3.05) is 7.05 Å². The molecule has 0 bridgehead atoms. The highest BCUT2D eigenvalue weighted by atomic mass is 14.9. The largest absolute Gasteiger partial charge is 0.313 e. The van der Waals surface area contributed by atoms with E-state index in [-0.39, 0.29) is 0 Å². The molecular formula is C14H21N. The molecule has 15 heavy (non-hydrogen) atoms. The Morgan fingerprint density at radius 2 is 1.93 bits per heavy atom. The van der Waals surface area contributed by atoms with Gasteiger partial charge in [0.2, 0.25) is 0 Å². The van der Waals surface area contributed by atoms with E-state index in [4.69, 9.17) is 0 Å². The maximum Gasteiger partial charge on any atom is 0.0274 e. The average Bonchev–Trinajstić information content (AvgIpc) is 2.21. The molecule has 0 fully saturated rings. The number of nitrogens with one attached hydrogen (secondary N) is 1. The van der Waals surface area contributed by atoms with Crippen molar-refractivity contribution in [3.8, 4) is 0 Å². The van der Waals surface area contributed by atoms with Crippen molar-refractivity contribution in [1.82, 2.24) is 5.32 Å². The van der Waals surface area contributed by atoms with E-state index >= 15 is 0 Å². The van der Waals surface area contributed by atoms with Crippen molar-refractivity contribution in [3.05, 3.63) is 47.5 Å². The highest BCUT2D eigenvalue weighted by molar-refractivity contribution is 5.21. The molecule has 1 atom stereocenters. The van der Waals surface area contributed by atoms with Gasteiger partial charge in [-0.15, -0.1) is 0 Å². The highest BCUT2D eigenvalue weighted by Gasteiger charge is 2.05. The molecule has 1 rings (SSSR count). The lowest BCUT2D eigenvalue weighted by Gasteiger charge is -2.15. The van der Waals surface area contributed by atoms with Gasteiger partial charge in [-0.05, 0) is 39.3 Å². The van der Waals surface area contributed by atoms with Gasteiger partial charge in [0.15, 0.2) is 0 Å². The fourth-order valence-electron chi connectivity index (χ4n) is 1.70. The predicted octanol–water partition coefficient (Wildman–Crippen LogP) is 3.09. The van der Waals surface area contributed by atoms with Gasteiger partial charge in [-0.3, -0.25) is 0 Å². The quantitative estimate of drug-likeness (QED) is 0.725. The third-order valence-corrected chi connectivity index (χ3v) is 2.79. The van der Waals surface area contributed by atoms with Crippen LogP contribution in [0.4, 0.5) is 0 Å². The van der Waals surface area contributed by atoms with Gasteiger partial charge in [-0.1, -0.05) is 42.0 Å². The molecule has 1 nitrogen and oxygen atoms in total. The molecular weight excluding hydrogens is 182 g/mol. The first kappa shape index (κ1) is 12.0. The minimum atomic E-state index is 0.436. The summed E-state index contributed by atoms with van der Waals surface area (Å²) >= 11 is 0. The van der Waals surface area contributed by atoms with Crippen LogP contribution in [-0.2, 0) is 6.42 Å². The summed E-state index contributed by atoms with van der Waals surface area (Å²) in [6.07, 6.45) is 2.23.